The maximum Gasteiger partial charge on any atom is 0.327 e. The van der Waals surface area contributed by atoms with Crippen LogP contribution in [-0.4, -0.2) is 9.97 Å². The van der Waals surface area contributed by atoms with E-state index >= 15 is 0 Å². The van der Waals surface area contributed by atoms with E-state index in [-0.39, 0.29) is 5.92 Å². The van der Waals surface area contributed by atoms with Crippen molar-refractivity contribution in [2.75, 3.05) is 5.32 Å². The highest BCUT2D eigenvalue weighted by atomic mass is 16.5. The highest BCUT2D eigenvalue weighted by molar-refractivity contribution is 5.81. The van der Waals surface area contributed by atoms with E-state index in [1.807, 2.05) is 91.0 Å². The molecule has 0 bridgehead atoms. The van der Waals surface area contributed by atoms with Gasteiger partial charge >= 0.3 is 5.69 Å². The third-order valence-electron chi connectivity index (χ3n) is 5.16. The minimum absolute atomic E-state index is 0.369. The van der Waals surface area contributed by atoms with Crippen LogP contribution in [0.1, 0.15) is 22.6 Å². The molecule has 3 N–H and O–H groups in total. The van der Waals surface area contributed by atoms with Crippen LogP contribution in [0.5, 0.6) is 11.5 Å². The number of benzene rings is 3. The normalized spacial score (nSPS) is 14.8. The number of aromatic amines is 2. The molecule has 0 amide bonds. The van der Waals surface area contributed by atoms with Crippen molar-refractivity contribution >= 4 is 11.5 Å². The lowest BCUT2D eigenvalue weighted by Gasteiger charge is -2.25. The van der Waals surface area contributed by atoms with Gasteiger partial charge in [0, 0.05) is 11.6 Å². The van der Waals surface area contributed by atoms with E-state index in [0.717, 1.165) is 22.6 Å². The van der Waals surface area contributed by atoms with E-state index in [2.05, 4.69) is 15.3 Å². The summed E-state index contributed by atoms with van der Waals surface area (Å²) in [7, 11) is 0. The van der Waals surface area contributed by atoms with Crippen molar-refractivity contribution in [2.24, 2.45) is 0 Å². The van der Waals surface area contributed by atoms with Gasteiger partial charge in [-0.15, -0.1) is 0 Å². The first-order chi connectivity index (χ1) is 15.2. The average Bonchev–Trinajstić information content (AvgIpc) is 2.79. The zero-order valence-corrected chi connectivity index (χ0v) is 16.5. The molecule has 1 atom stereocenters. The van der Waals surface area contributed by atoms with Crippen LogP contribution in [0.4, 0.5) is 5.82 Å². The molecule has 0 spiro atoms. The monoisotopic (exact) mass is 409 g/mol. The Hall–Kier alpha value is -4.32. The molecular weight excluding hydrogens is 390 g/mol. The number of nitrogens with one attached hydrogen (secondary N) is 3. The lowest BCUT2D eigenvalue weighted by Crippen LogP contribution is -2.31. The fourth-order valence-electron chi connectivity index (χ4n) is 3.76. The van der Waals surface area contributed by atoms with Crippen LogP contribution in [-0.2, 0) is 0 Å². The Morgan fingerprint density at radius 2 is 1.45 bits per heavy atom. The standard InChI is InChI=1S/C25H19N3O3/c29-24-22-20(17-10-7-13-19(14-17)31-18-11-5-2-6-12-18)15-21(16-8-3-1-4-9-16)26-23(22)27-25(30)28-24/h1-15,20H,(H3,26,27,28,29,30). The van der Waals surface area contributed by atoms with Gasteiger partial charge in [-0.05, 0) is 41.5 Å². The van der Waals surface area contributed by atoms with Crippen LogP contribution < -0.4 is 21.3 Å². The third kappa shape index (κ3) is 3.79. The zero-order chi connectivity index (χ0) is 21.2. The van der Waals surface area contributed by atoms with E-state index in [9.17, 15) is 9.59 Å². The summed E-state index contributed by atoms with van der Waals surface area (Å²) in [5, 5.41) is 3.20. The molecule has 6 nitrogen and oxygen atoms in total. The van der Waals surface area contributed by atoms with Crippen molar-refractivity contribution in [2.45, 2.75) is 5.92 Å². The molecule has 1 aliphatic heterocycles. The highest BCUT2D eigenvalue weighted by Gasteiger charge is 2.26. The molecule has 1 unspecified atom stereocenters. The van der Waals surface area contributed by atoms with Crippen molar-refractivity contribution in [1.82, 2.24) is 9.97 Å². The number of hydrogen-bond donors (Lipinski definition) is 3. The molecule has 6 heteroatoms. The van der Waals surface area contributed by atoms with Crippen LogP contribution in [0.25, 0.3) is 5.70 Å². The zero-order valence-electron chi connectivity index (χ0n) is 16.5. The van der Waals surface area contributed by atoms with E-state index in [1.165, 1.54) is 0 Å². The minimum atomic E-state index is -0.550. The smallest absolute Gasteiger partial charge is 0.327 e. The maximum atomic E-state index is 12.7. The second-order valence-electron chi connectivity index (χ2n) is 7.23. The molecule has 5 rings (SSSR count). The van der Waals surface area contributed by atoms with Gasteiger partial charge in [-0.3, -0.25) is 14.8 Å². The van der Waals surface area contributed by atoms with Crippen molar-refractivity contribution in [3.8, 4) is 11.5 Å². The summed E-state index contributed by atoms with van der Waals surface area (Å²) in [6.07, 6.45) is 1.99. The number of para-hydroxylation sites is 1. The Balaban J connectivity index is 1.61. The van der Waals surface area contributed by atoms with Gasteiger partial charge in [0.15, 0.2) is 0 Å². The first-order valence-corrected chi connectivity index (χ1v) is 9.91. The summed E-state index contributed by atoms with van der Waals surface area (Å²) in [4.78, 5) is 29.7. The first kappa shape index (κ1) is 18.7. The number of hydrogen-bond acceptors (Lipinski definition) is 4. The molecule has 0 saturated heterocycles. The molecule has 1 aromatic heterocycles. The van der Waals surface area contributed by atoms with Gasteiger partial charge in [0.2, 0.25) is 0 Å². The van der Waals surface area contributed by atoms with Gasteiger partial charge in [0.25, 0.3) is 5.56 Å². The Morgan fingerprint density at radius 1 is 0.742 bits per heavy atom. The van der Waals surface area contributed by atoms with Gasteiger partial charge in [0.05, 0.1) is 5.56 Å². The second-order valence-corrected chi connectivity index (χ2v) is 7.23. The molecular formula is C25H19N3O3. The fourth-order valence-corrected chi connectivity index (χ4v) is 3.76. The molecule has 152 valence electrons. The number of H-pyrrole nitrogens is 2. The molecule has 0 saturated carbocycles. The largest absolute Gasteiger partial charge is 0.457 e. The number of allylic oxidation sites excluding steroid dienone is 1. The summed E-state index contributed by atoms with van der Waals surface area (Å²) < 4.78 is 5.98. The van der Waals surface area contributed by atoms with Crippen molar-refractivity contribution in [3.05, 3.63) is 129 Å². The molecule has 1 aliphatic rings. The predicted molar refractivity (Wildman–Crippen MR) is 121 cm³/mol. The fraction of sp³-hybridized carbons (Fsp3) is 0.0400. The first-order valence-electron chi connectivity index (χ1n) is 9.91. The molecule has 2 heterocycles. The molecule has 31 heavy (non-hydrogen) atoms. The number of aromatic nitrogens is 2. The molecule has 0 fully saturated rings. The summed E-state index contributed by atoms with van der Waals surface area (Å²) in [6.45, 7) is 0. The van der Waals surface area contributed by atoms with Crippen LogP contribution >= 0.6 is 0 Å². The van der Waals surface area contributed by atoms with Gasteiger partial charge in [-0.2, -0.15) is 0 Å². The predicted octanol–water partition coefficient (Wildman–Crippen LogP) is 4.45. The number of anilines is 1. The van der Waals surface area contributed by atoms with E-state index in [1.54, 1.807) is 0 Å². The van der Waals surface area contributed by atoms with Crippen LogP contribution in [0, 0.1) is 0 Å². The summed E-state index contributed by atoms with van der Waals surface area (Å²) >= 11 is 0. The SMILES string of the molecule is O=c1[nH]c2c(c(=O)[nH]1)C(c1cccc(Oc3ccccc3)c1)C=C(c1ccccc1)N2. The number of fused-ring (bicyclic) bond motifs is 1. The van der Waals surface area contributed by atoms with Crippen LogP contribution in [0.3, 0.4) is 0 Å². The van der Waals surface area contributed by atoms with Crippen molar-refractivity contribution in [3.63, 3.8) is 0 Å². The topological polar surface area (TPSA) is 87.0 Å². The van der Waals surface area contributed by atoms with Gasteiger partial charge in [0.1, 0.15) is 17.3 Å². The van der Waals surface area contributed by atoms with Gasteiger partial charge in [-0.1, -0.05) is 60.7 Å². The maximum absolute atomic E-state index is 12.7. The van der Waals surface area contributed by atoms with Crippen molar-refractivity contribution < 1.29 is 4.74 Å². The Labute approximate surface area is 177 Å². The summed E-state index contributed by atoms with van der Waals surface area (Å²) in [5.74, 6) is 1.42. The van der Waals surface area contributed by atoms with E-state index in [4.69, 9.17) is 4.74 Å². The van der Waals surface area contributed by atoms with Gasteiger partial charge < -0.3 is 10.1 Å². The number of rotatable bonds is 4. The lowest BCUT2D eigenvalue weighted by atomic mass is 9.88. The van der Waals surface area contributed by atoms with E-state index < -0.39 is 11.2 Å². The highest BCUT2D eigenvalue weighted by Crippen LogP contribution is 2.37. The molecule has 4 aromatic rings. The Morgan fingerprint density at radius 3 is 2.23 bits per heavy atom. The van der Waals surface area contributed by atoms with Gasteiger partial charge in [-0.25, -0.2) is 4.79 Å². The lowest BCUT2D eigenvalue weighted by molar-refractivity contribution is 0.482. The minimum Gasteiger partial charge on any atom is -0.457 e. The van der Waals surface area contributed by atoms with Crippen molar-refractivity contribution in [1.29, 1.82) is 0 Å². The quantitative estimate of drug-likeness (QED) is 0.465. The second kappa shape index (κ2) is 7.84. The molecule has 3 aromatic carbocycles. The summed E-state index contributed by atoms with van der Waals surface area (Å²) in [6, 6.07) is 26.9. The molecule has 0 radical (unpaired) electrons. The number of ether oxygens (including phenoxy) is 1. The Bertz CT molecular complexity index is 1370. The third-order valence-corrected chi connectivity index (χ3v) is 5.16. The molecule has 0 aliphatic carbocycles. The Kier molecular flexibility index (Phi) is 4.72. The van der Waals surface area contributed by atoms with E-state index in [0.29, 0.717) is 17.1 Å². The average molecular weight is 409 g/mol. The van der Waals surface area contributed by atoms with Crippen LogP contribution in [0.2, 0.25) is 0 Å². The van der Waals surface area contributed by atoms with Crippen LogP contribution in [0.15, 0.2) is 101 Å². The summed E-state index contributed by atoms with van der Waals surface area (Å²) in [5.41, 5.74) is 2.13.